The normalized spacial score (nSPS) is 33.6. The van der Waals surface area contributed by atoms with Crippen LogP contribution in [0.15, 0.2) is 24.3 Å². The van der Waals surface area contributed by atoms with Gasteiger partial charge in [-0.1, -0.05) is 31.2 Å². The molecule has 2 heteroatoms. The van der Waals surface area contributed by atoms with Gasteiger partial charge in [0.2, 0.25) is 0 Å². The fraction of sp³-hybridized carbons (Fsp3) is 0.600. The van der Waals surface area contributed by atoms with Gasteiger partial charge in [0.1, 0.15) is 0 Å². The molecule has 3 atom stereocenters. The van der Waals surface area contributed by atoms with E-state index in [9.17, 15) is 0 Å². The molecule has 1 aliphatic heterocycles. The molecule has 1 aromatic rings. The van der Waals surface area contributed by atoms with Crippen molar-refractivity contribution in [1.82, 2.24) is 4.90 Å². The third-order valence-electron chi connectivity index (χ3n) is 4.47. The van der Waals surface area contributed by atoms with Gasteiger partial charge in [0.25, 0.3) is 0 Å². The van der Waals surface area contributed by atoms with Crippen molar-refractivity contribution in [3.05, 3.63) is 35.4 Å². The summed E-state index contributed by atoms with van der Waals surface area (Å²) in [5.74, 6) is 0.837. The standard InChI is InChI=1S/C15H22N2/c1-11-6-7-14(16)15(8-11)17-9-12-4-2-3-5-13(12)10-17/h2-5,11,14-15H,6-10,16H2,1H3. The SMILES string of the molecule is CC1CCC(N)C(N2Cc3ccccc3C2)C1. The van der Waals surface area contributed by atoms with E-state index >= 15 is 0 Å². The maximum Gasteiger partial charge on any atom is 0.0256 e. The minimum Gasteiger partial charge on any atom is -0.326 e. The molecule has 1 aromatic carbocycles. The summed E-state index contributed by atoms with van der Waals surface area (Å²) in [6.45, 7) is 4.56. The van der Waals surface area contributed by atoms with Gasteiger partial charge in [-0.15, -0.1) is 0 Å². The molecule has 3 unspecified atom stereocenters. The molecule has 92 valence electrons. The Hall–Kier alpha value is -0.860. The Bertz CT molecular complexity index is 377. The lowest BCUT2D eigenvalue weighted by Gasteiger charge is -2.38. The summed E-state index contributed by atoms with van der Waals surface area (Å²) < 4.78 is 0. The lowest BCUT2D eigenvalue weighted by molar-refractivity contribution is 0.115. The molecule has 0 aromatic heterocycles. The van der Waals surface area contributed by atoms with E-state index in [0.717, 1.165) is 19.0 Å². The average Bonchev–Trinajstić information content (AvgIpc) is 2.75. The van der Waals surface area contributed by atoms with E-state index in [2.05, 4.69) is 36.1 Å². The second kappa shape index (κ2) is 4.43. The Kier molecular flexibility index (Phi) is 2.93. The van der Waals surface area contributed by atoms with Crippen LogP contribution in [0, 0.1) is 5.92 Å². The molecule has 1 heterocycles. The summed E-state index contributed by atoms with van der Waals surface area (Å²) in [5.41, 5.74) is 9.31. The summed E-state index contributed by atoms with van der Waals surface area (Å²) in [7, 11) is 0. The molecule has 0 bridgehead atoms. The number of hydrogen-bond donors (Lipinski definition) is 1. The molecule has 2 nitrogen and oxygen atoms in total. The zero-order valence-corrected chi connectivity index (χ0v) is 10.6. The molecule has 17 heavy (non-hydrogen) atoms. The minimum absolute atomic E-state index is 0.375. The number of fused-ring (bicyclic) bond motifs is 1. The Morgan fingerprint density at radius 1 is 1.12 bits per heavy atom. The summed E-state index contributed by atoms with van der Waals surface area (Å²) in [6.07, 6.45) is 3.77. The fourth-order valence-electron chi connectivity index (χ4n) is 3.39. The Morgan fingerprint density at radius 2 is 1.76 bits per heavy atom. The van der Waals surface area contributed by atoms with E-state index in [-0.39, 0.29) is 0 Å². The van der Waals surface area contributed by atoms with Crippen LogP contribution in [0.5, 0.6) is 0 Å². The van der Waals surface area contributed by atoms with Crippen molar-refractivity contribution in [2.24, 2.45) is 11.7 Å². The smallest absolute Gasteiger partial charge is 0.0256 e. The zero-order valence-electron chi connectivity index (χ0n) is 10.6. The van der Waals surface area contributed by atoms with Gasteiger partial charge >= 0.3 is 0 Å². The van der Waals surface area contributed by atoms with E-state index in [1.165, 1.54) is 30.4 Å². The van der Waals surface area contributed by atoms with E-state index in [1.807, 2.05) is 0 Å². The number of nitrogens with zero attached hydrogens (tertiary/aromatic N) is 1. The third-order valence-corrected chi connectivity index (χ3v) is 4.47. The molecule has 2 N–H and O–H groups in total. The number of hydrogen-bond acceptors (Lipinski definition) is 2. The van der Waals surface area contributed by atoms with Crippen LogP contribution in [0.4, 0.5) is 0 Å². The first-order valence-electron chi connectivity index (χ1n) is 6.80. The van der Waals surface area contributed by atoms with Crippen LogP contribution in [-0.2, 0) is 13.1 Å². The maximum absolute atomic E-state index is 6.31. The highest BCUT2D eigenvalue weighted by Gasteiger charge is 2.33. The van der Waals surface area contributed by atoms with Crippen molar-refractivity contribution in [3.63, 3.8) is 0 Å². The van der Waals surface area contributed by atoms with Gasteiger partial charge in [-0.2, -0.15) is 0 Å². The highest BCUT2D eigenvalue weighted by atomic mass is 15.2. The molecule has 0 amide bonds. The Balaban J connectivity index is 1.75. The van der Waals surface area contributed by atoms with E-state index in [1.54, 1.807) is 0 Å². The predicted molar refractivity (Wildman–Crippen MR) is 70.5 cm³/mol. The molecular formula is C15H22N2. The topological polar surface area (TPSA) is 29.3 Å². The van der Waals surface area contributed by atoms with Crippen molar-refractivity contribution in [2.45, 2.75) is 51.4 Å². The summed E-state index contributed by atoms with van der Waals surface area (Å²) in [6, 6.07) is 9.77. The van der Waals surface area contributed by atoms with E-state index in [4.69, 9.17) is 5.73 Å². The molecule has 1 saturated carbocycles. The molecule has 0 saturated heterocycles. The average molecular weight is 230 g/mol. The van der Waals surface area contributed by atoms with Crippen molar-refractivity contribution in [1.29, 1.82) is 0 Å². The highest BCUT2D eigenvalue weighted by Crippen LogP contribution is 2.32. The Labute approximate surface area is 104 Å². The van der Waals surface area contributed by atoms with Crippen LogP contribution in [0.3, 0.4) is 0 Å². The first-order valence-corrected chi connectivity index (χ1v) is 6.80. The largest absolute Gasteiger partial charge is 0.326 e. The number of rotatable bonds is 1. The molecule has 0 radical (unpaired) electrons. The van der Waals surface area contributed by atoms with Gasteiger partial charge in [-0.05, 0) is 36.3 Å². The molecule has 0 spiro atoms. The minimum atomic E-state index is 0.375. The van der Waals surface area contributed by atoms with Crippen molar-refractivity contribution >= 4 is 0 Å². The lowest BCUT2D eigenvalue weighted by atomic mass is 9.83. The van der Waals surface area contributed by atoms with Crippen molar-refractivity contribution < 1.29 is 0 Å². The van der Waals surface area contributed by atoms with Crippen LogP contribution in [0.2, 0.25) is 0 Å². The van der Waals surface area contributed by atoms with Gasteiger partial charge in [-0.25, -0.2) is 0 Å². The zero-order chi connectivity index (χ0) is 11.8. The molecular weight excluding hydrogens is 208 g/mol. The van der Waals surface area contributed by atoms with Crippen LogP contribution in [0.1, 0.15) is 37.3 Å². The Morgan fingerprint density at radius 3 is 2.41 bits per heavy atom. The lowest BCUT2D eigenvalue weighted by Crippen LogP contribution is -2.49. The van der Waals surface area contributed by atoms with Crippen LogP contribution >= 0.6 is 0 Å². The van der Waals surface area contributed by atoms with Gasteiger partial charge in [-0.3, -0.25) is 4.90 Å². The number of benzene rings is 1. The van der Waals surface area contributed by atoms with Gasteiger partial charge in [0.15, 0.2) is 0 Å². The van der Waals surface area contributed by atoms with Gasteiger partial charge in [0, 0.05) is 25.2 Å². The highest BCUT2D eigenvalue weighted by molar-refractivity contribution is 5.30. The van der Waals surface area contributed by atoms with Crippen molar-refractivity contribution in [3.8, 4) is 0 Å². The molecule has 2 aliphatic rings. The van der Waals surface area contributed by atoms with Crippen molar-refractivity contribution in [2.75, 3.05) is 0 Å². The van der Waals surface area contributed by atoms with Crippen LogP contribution < -0.4 is 5.73 Å². The maximum atomic E-state index is 6.31. The monoisotopic (exact) mass is 230 g/mol. The summed E-state index contributed by atoms with van der Waals surface area (Å²) in [4.78, 5) is 2.59. The third kappa shape index (κ3) is 2.12. The van der Waals surface area contributed by atoms with Gasteiger partial charge in [0.05, 0.1) is 0 Å². The predicted octanol–water partition coefficient (Wildman–Crippen LogP) is 2.52. The number of nitrogens with two attached hydrogens (primary N) is 1. The first kappa shape index (κ1) is 11.2. The second-order valence-electron chi connectivity index (χ2n) is 5.82. The molecule has 1 fully saturated rings. The second-order valence-corrected chi connectivity index (χ2v) is 5.82. The quantitative estimate of drug-likeness (QED) is 0.803. The summed E-state index contributed by atoms with van der Waals surface area (Å²) in [5, 5.41) is 0. The first-order chi connectivity index (χ1) is 8.24. The van der Waals surface area contributed by atoms with Crippen LogP contribution in [-0.4, -0.2) is 17.0 Å². The van der Waals surface area contributed by atoms with E-state index in [0.29, 0.717) is 12.1 Å². The molecule has 3 rings (SSSR count). The van der Waals surface area contributed by atoms with Gasteiger partial charge < -0.3 is 5.73 Å². The summed E-state index contributed by atoms with van der Waals surface area (Å²) >= 11 is 0. The fourth-order valence-corrected chi connectivity index (χ4v) is 3.39. The van der Waals surface area contributed by atoms with E-state index < -0.39 is 0 Å². The molecule has 1 aliphatic carbocycles. The van der Waals surface area contributed by atoms with Crippen LogP contribution in [0.25, 0.3) is 0 Å².